The molecule has 0 saturated carbocycles. The lowest BCUT2D eigenvalue weighted by Crippen LogP contribution is -2.32. The summed E-state index contributed by atoms with van der Waals surface area (Å²) < 4.78 is 0. The largest absolute Gasteiger partial charge is 0.480 e. The molecule has 2 aromatic rings. The molecule has 1 aliphatic carbocycles. The van der Waals surface area contributed by atoms with E-state index >= 15 is 0 Å². The molecule has 3 N–H and O–H groups in total. The molecule has 0 heterocycles. The fraction of sp³-hybridized carbons (Fsp3) is 0.118. The van der Waals surface area contributed by atoms with Crippen molar-refractivity contribution in [1.29, 1.82) is 0 Å². The van der Waals surface area contributed by atoms with Gasteiger partial charge < -0.3 is 10.8 Å². The summed E-state index contributed by atoms with van der Waals surface area (Å²) in [5, 5.41) is 8.86. The molecule has 1 aliphatic rings. The van der Waals surface area contributed by atoms with Crippen LogP contribution in [-0.4, -0.2) is 28.7 Å². The van der Waals surface area contributed by atoms with E-state index in [4.69, 9.17) is 10.8 Å². The van der Waals surface area contributed by atoms with Gasteiger partial charge in [0.15, 0.2) is 11.6 Å². The lowest BCUT2D eigenvalue weighted by molar-refractivity contribution is -0.138. The van der Waals surface area contributed by atoms with Crippen LogP contribution in [0.4, 0.5) is 0 Å². The number of hydrogen-bond acceptors (Lipinski definition) is 4. The lowest BCUT2D eigenvalue weighted by atomic mass is 9.83. The highest BCUT2D eigenvalue weighted by Gasteiger charge is 2.29. The van der Waals surface area contributed by atoms with Crippen LogP contribution in [0.2, 0.25) is 0 Å². The van der Waals surface area contributed by atoms with E-state index in [1.807, 2.05) is 0 Å². The molecule has 0 aliphatic heterocycles. The number of fused-ring (bicyclic) bond motifs is 2. The summed E-state index contributed by atoms with van der Waals surface area (Å²) >= 11 is 0. The maximum absolute atomic E-state index is 12.5. The topological polar surface area (TPSA) is 97.5 Å². The van der Waals surface area contributed by atoms with E-state index in [1.165, 1.54) is 0 Å². The number of hydrogen-bond donors (Lipinski definition) is 2. The van der Waals surface area contributed by atoms with Gasteiger partial charge in [-0.05, 0) is 18.1 Å². The van der Waals surface area contributed by atoms with E-state index in [1.54, 1.807) is 42.5 Å². The molecule has 5 heteroatoms. The first-order chi connectivity index (χ1) is 10.5. The van der Waals surface area contributed by atoms with Crippen LogP contribution >= 0.6 is 0 Å². The summed E-state index contributed by atoms with van der Waals surface area (Å²) in [6, 6.07) is 10.4. The van der Waals surface area contributed by atoms with Crippen LogP contribution < -0.4 is 5.73 Å². The first-order valence-corrected chi connectivity index (χ1v) is 6.79. The molecule has 0 saturated heterocycles. The van der Waals surface area contributed by atoms with Gasteiger partial charge in [0.25, 0.3) is 0 Å². The molecule has 0 radical (unpaired) electrons. The van der Waals surface area contributed by atoms with E-state index in [-0.39, 0.29) is 18.0 Å². The average molecular weight is 295 g/mol. The van der Waals surface area contributed by atoms with Crippen LogP contribution in [0, 0.1) is 0 Å². The first-order valence-electron chi connectivity index (χ1n) is 6.79. The number of carboxylic acids is 1. The summed E-state index contributed by atoms with van der Waals surface area (Å²) in [4.78, 5) is 35.8. The van der Waals surface area contributed by atoms with E-state index in [0.29, 0.717) is 27.8 Å². The monoisotopic (exact) mass is 295 g/mol. The fourth-order valence-electron chi connectivity index (χ4n) is 2.61. The third-order valence-electron chi connectivity index (χ3n) is 3.76. The number of rotatable bonds is 3. The van der Waals surface area contributed by atoms with E-state index < -0.39 is 12.0 Å². The molecular formula is C17H13NO4. The molecule has 1 unspecified atom stereocenters. The number of aliphatic carboxylic acids is 1. The molecule has 0 fully saturated rings. The van der Waals surface area contributed by atoms with E-state index in [0.717, 1.165) is 0 Å². The smallest absolute Gasteiger partial charge is 0.320 e. The van der Waals surface area contributed by atoms with Crippen molar-refractivity contribution in [2.45, 2.75) is 12.5 Å². The Kier molecular flexibility index (Phi) is 3.35. The first kappa shape index (κ1) is 14.2. The highest BCUT2D eigenvalue weighted by atomic mass is 16.4. The van der Waals surface area contributed by atoms with Crippen molar-refractivity contribution in [3.05, 3.63) is 70.3 Å². The minimum Gasteiger partial charge on any atom is -0.480 e. The van der Waals surface area contributed by atoms with E-state index in [2.05, 4.69) is 0 Å². The summed E-state index contributed by atoms with van der Waals surface area (Å²) in [6.07, 6.45) is 0.103. The van der Waals surface area contributed by atoms with Crippen LogP contribution in [0.5, 0.6) is 0 Å². The molecule has 22 heavy (non-hydrogen) atoms. The van der Waals surface area contributed by atoms with Gasteiger partial charge in [-0.15, -0.1) is 0 Å². The Morgan fingerprint density at radius 3 is 2.09 bits per heavy atom. The van der Waals surface area contributed by atoms with Crippen LogP contribution in [-0.2, 0) is 11.2 Å². The number of nitrogens with two attached hydrogens (primary N) is 1. The molecule has 3 rings (SSSR count). The summed E-state index contributed by atoms with van der Waals surface area (Å²) in [5.41, 5.74) is 7.55. The van der Waals surface area contributed by atoms with Crippen LogP contribution in [0.15, 0.2) is 42.5 Å². The fourth-order valence-corrected chi connectivity index (χ4v) is 2.61. The minimum absolute atomic E-state index is 0.103. The van der Waals surface area contributed by atoms with Crippen LogP contribution in [0.3, 0.4) is 0 Å². The van der Waals surface area contributed by atoms with Crippen molar-refractivity contribution in [2.24, 2.45) is 5.73 Å². The van der Waals surface area contributed by atoms with Crippen molar-refractivity contribution in [3.8, 4) is 0 Å². The van der Waals surface area contributed by atoms with Gasteiger partial charge in [-0.2, -0.15) is 0 Å². The van der Waals surface area contributed by atoms with Crippen molar-refractivity contribution in [2.75, 3.05) is 0 Å². The number of carbonyl (C=O) groups excluding carboxylic acids is 2. The lowest BCUT2D eigenvalue weighted by Gasteiger charge is -2.18. The van der Waals surface area contributed by atoms with Crippen molar-refractivity contribution in [1.82, 2.24) is 0 Å². The molecule has 2 aromatic carbocycles. The zero-order valence-corrected chi connectivity index (χ0v) is 11.6. The van der Waals surface area contributed by atoms with Gasteiger partial charge in [-0.25, -0.2) is 0 Å². The number of benzene rings is 2. The minimum atomic E-state index is -1.11. The molecule has 110 valence electrons. The average Bonchev–Trinajstić information content (AvgIpc) is 2.52. The zero-order valence-electron chi connectivity index (χ0n) is 11.6. The highest BCUT2D eigenvalue weighted by molar-refractivity contribution is 6.28. The van der Waals surface area contributed by atoms with Crippen molar-refractivity contribution in [3.63, 3.8) is 0 Å². The van der Waals surface area contributed by atoms with Crippen LogP contribution in [0.1, 0.15) is 37.4 Å². The zero-order chi connectivity index (χ0) is 15.9. The van der Waals surface area contributed by atoms with Crippen LogP contribution in [0.25, 0.3) is 0 Å². The third-order valence-corrected chi connectivity index (χ3v) is 3.76. The Morgan fingerprint density at radius 1 is 0.955 bits per heavy atom. The Morgan fingerprint density at radius 2 is 1.50 bits per heavy atom. The Balaban J connectivity index is 2.04. The van der Waals surface area contributed by atoms with E-state index in [9.17, 15) is 14.4 Å². The Hall–Kier alpha value is -2.79. The van der Waals surface area contributed by atoms with Gasteiger partial charge in [-0.1, -0.05) is 36.4 Å². The quantitative estimate of drug-likeness (QED) is 0.761. The Labute approximate surface area is 126 Å². The Bertz CT molecular complexity index is 810. The molecule has 0 spiro atoms. The van der Waals surface area contributed by atoms with Crippen molar-refractivity contribution >= 4 is 17.5 Å². The molecular weight excluding hydrogens is 282 g/mol. The molecule has 1 atom stereocenters. The van der Waals surface area contributed by atoms with Gasteiger partial charge in [0.1, 0.15) is 6.04 Å². The summed E-state index contributed by atoms with van der Waals surface area (Å²) in [7, 11) is 0. The second-order valence-electron chi connectivity index (χ2n) is 5.23. The summed E-state index contributed by atoms with van der Waals surface area (Å²) in [6.45, 7) is 0. The maximum atomic E-state index is 12.5. The number of carbonyl (C=O) groups is 3. The molecule has 0 amide bonds. The molecule has 0 bridgehead atoms. The van der Waals surface area contributed by atoms with Gasteiger partial charge in [-0.3, -0.25) is 14.4 Å². The van der Waals surface area contributed by atoms with Gasteiger partial charge in [0.2, 0.25) is 0 Å². The predicted octanol–water partition coefficient (Wildman–Crippen LogP) is 1.42. The highest BCUT2D eigenvalue weighted by Crippen LogP contribution is 2.28. The number of ketones is 2. The molecule has 0 aromatic heterocycles. The third kappa shape index (κ3) is 2.21. The second kappa shape index (κ2) is 5.20. The normalized spacial score (nSPS) is 14.2. The summed E-state index contributed by atoms with van der Waals surface area (Å²) in [5.74, 6) is -1.53. The van der Waals surface area contributed by atoms with Gasteiger partial charge in [0.05, 0.1) is 0 Å². The second-order valence-corrected chi connectivity index (χ2v) is 5.23. The van der Waals surface area contributed by atoms with Gasteiger partial charge in [0, 0.05) is 22.3 Å². The predicted molar refractivity (Wildman–Crippen MR) is 79.1 cm³/mol. The van der Waals surface area contributed by atoms with Gasteiger partial charge >= 0.3 is 5.97 Å². The van der Waals surface area contributed by atoms with Crippen molar-refractivity contribution < 1.29 is 19.5 Å². The number of carboxylic acid groups (broad SMARTS) is 1. The molecule has 5 nitrogen and oxygen atoms in total. The standard InChI is InChI=1S/C17H13NO4/c18-14(17(21)22)8-9-5-6-12-13(7-9)16(20)11-4-2-1-3-10(11)15(12)19/h1-7,14H,8,18H2,(H,21,22). The SMILES string of the molecule is NC(Cc1ccc2c(c1)C(=O)c1ccccc1C2=O)C(=O)O. The maximum Gasteiger partial charge on any atom is 0.320 e.